The second kappa shape index (κ2) is 8.37. The van der Waals surface area contributed by atoms with Crippen molar-refractivity contribution in [3.05, 3.63) is 34.9 Å². The molecule has 0 aliphatic carbocycles. The summed E-state index contributed by atoms with van der Waals surface area (Å²) in [6, 6.07) is 7.44. The van der Waals surface area contributed by atoms with E-state index in [2.05, 4.69) is 58.1 Å². The van der Waals surface area contributed by atoms with Gasteiger partial charge >= 0.3 is 0 Å². The maximum Gasteiger partial charge on any atom is 0.0110 e. The lowest BCUT2D eigenvalue weighted by Crippen LogP contribution is -2.33. The average Bonchev–Trinajstić information content (AvgIpc) is 2.39. The van der Waals surface area contributed by atoms with Crippen LogP contribution in [-0.4, -0.2) is 12.6 Å². The van der Waals surface area contributed by atoms with E-state index in [1.165, 1.54) is 36.0 Å². The molecule has 1 N–H and O–H groups in total. The monoisotopic (exact) mass is 261 g/mol. The summed E-state index contributed by atoms with van der Waals surface area (Å²) in [6.45, 7) is 12.4. The first-order valence-corrected chi connectivity index (χ1v) is 7.86. The summed E-state index contributed by atoms with van der Waals surface area (Å²) in [7, 11) is 0. The molecule has 108 valence electrons. The van der Waals surface area contributed by atoms with Crippen molar-refractivity contribution in [1.29, 1.82) is 0 Å². The van der Waals surface area contributed by atoms with Crippen LogP contribution in [0, 0.1) is 19.8 Å². The fourth-order valence-electron chi connectivity index (χ4n) is 2.53. The molecule has 19 heavy (non-hydrogen) atoms. The van der Waals surface area contributed by atoms with Gasteiger partial charge in [-0.05, 0) is 56.7 Å². The highest BCUT2D eigenvalue weighted by atomic mass is 14.9. The molecular formula is C18H31N. The molecule has 0 fully saturated rings. The molecule has 0 aliphatic rings. The number of aryl methyl sites for hydroxylation is 2. The Kier molecular flexibility index (Phi) is 7.15. The van der Waals surface area contributed by atoms with Crippen LogP contribution in [0.2, 0.25) is 0 Å². The number of rotatable bonds is 8. The molecule has 0 radical (unpaired) electrons. The van der Waals surface area contributed by atoms with Gasteiger partial charge in [-0.2, -0.15) is 0 Å². The summed E-state index contributed by atoms with van der Waals surface area (Å²) in [5, 5.41) is 3.73. The van der Waals surface area contributed by atoms with Gasteiger partial charge in [-0.15, -0.1) is 0 Å². The third-order valence-corrected chi connectivity index (χ3v) is 4.04. The van der Waals surface area contributed by atoms with Crippen LogP contribution in [0.3, 0.4) is 0 Å². The van der Waals surface area contributed by atoms with Crippen LogP contribution in [-0.2, 0) is 6.42 Å². The van der Waals surface area contributed by atoms with E-state index in [0.29, 0.717) is 6.04 Å². The summed E-state index contributed by atoms with van der Waals surface area (Å²) in [5.74, 6) is 0.805. The predicted octanol–water partition coefficient (Wildman–Crippen LogP) is 4.65. The SMILES string of the molecule is CCCNC(Cc1cc(C)ccc1C)CC(C)CC. The normalized spacial score (nSPS) is 14.4. The molecule has 0 amide bonds. The van der Waals surface area contributed by atoms with Crippen molar-refractivity contribution in [2.24, 2.45) is 5.92 Å². The number of hydrogen-bond donors (Lipinski definition) is 1. The summed E-state index contributed by atoms with van der Waals surface area (Å²) in [5.41, 5.74) is 4.31. The van der Waals surface area contributed by atoms with Gasteiger partial charge in [0.25, 0.3) is 0 Å². The Bertz CT molecular complexity index is 370. The summed E-state index contributed by atoms with van der Waals surface area (Å²) >= 11 is 0. The molecule has 1 rings (SSSR count). The zero-order valence-corrected chi connectivity index (χ0v) is 13.4. The van der Waals surface area contributed by atoms with E-state index in [1.807, 2.05) is 0 Å². The van der Waals surface area contributed by atoms with E-state index in [0.717, 1.165) is 18.9 Å². The standard InChI is InChI=1S/C18H31N/c1-6-10-19-18(12-14(3)7-2)13-17-11-15(4)8-9-16(17)5/h8-9,11,14,18-19H,6-7,10,12-13H2,1-5H3. The maximum absolute atomic E-state index is 3.73. The molecule has 0 aromatic heterocycles. The van der Waals surface area contributed by atoms with Crippen molar-refractivity contribution in [1.82, 2.24) is 5.32 Å². The molecule has 0 spiro atoms. The second-order valence-electron chi connectivity index (χ2n) is 6.03. The molecule has 0 aliphatic heterocycles. The number of nitrogens with one attached hydrogen (secondary N) is 1. The van der Waals surface area contributed by atoms with Crippen LogP contribution in [0.4, 0.5) is 0 Å². The molecule has 1 aromatic carbocycles. The predicted molar refractivity (Wildman–Crippen MR) is 85.8 cm³/mol. The van der Waals surface area contributed by atoms with E-state index in [-0.39, 0.29) is 0 Å². The molecular weight excluding hydrogens is 230 g/mol. The van der Waals surface area contributed by atoms with Crippen LogP contribution in [0.15, 0.2) is 18.2 Å². The van der Waals surface area contributed by atoms with Crippen molar-refractivity contribution in [2.75, 3.05) is 6.54 Å². The summed E-state index contributed by atoms with van der Waals surface area (Å²) < 4.78 is 0. The first kappa shape index (κ1) is 16.2. The first-order valence-electron chi connectivity index (χ1n) is 7.86. The van der Waals surface area contributed by atoms with Crippen LogP contribution < -0.4 is 5.32 Å². The molecule has 0 saturated carbocycles. The molecule has 1 heteroatoms. The lowest BCUT2D eigenvalue weighted by molar-refractivity contribution is 0.391. The van der Waals surface area contributed by atoms with Crippen molar-refractivity contribution in [3.8, 4) is 0 Å². The van der Waals surface area contributed by atoms with Gasteiger partial charge in [-0.3, -0.25) is 0 Å². The average molecular weight is 261 g/mol. The molecule has 0 bridgehead atoms. The fraction of sp³-hybridized carbons (Fsp3) is 0.667. The quantitative estimate of drug-likeness (QED) is 0.718. The van der Waals surface area contributed by atoms with Crippen LogP contribution in [0.1, 0.15) is 56.7 Å². The molecule has 0 heterocycles. The number of hydrogen-bond acceptors (Lipinski definition) is 1. The third-order valence-electron chi connectivity index (χ3n) is 4.04. The minimum Gasteiger partial charge on any atom is -0.314 e. The molecule has 2 atom stereocenters. The van der Waals surface area contributed by atoms with Crippen LogP contribution in [0.25, 0.3) is 0 Å². The smallest absolute Gasteiger partial charge is 0.0110 e. The summed E-state index contributed by atoms with van der Waals surface area (Å²) in [6.07, 6.45) is 4.93. The van der Waals surface area contributed by atoms with Gasteiger partial charge in [0.15, 0.2) is 0 Å². The van der Waals surface area contributed by atoms with E-state index in [9.17, 15) is 0 Å². The molecule has 2 unspecified atom stereocenters. The largest absolute Gasteiger partial charge is 0.314 e. The zero-order valence-electron chi connectivity index (χ0n) is 13.4. The van der Waals surface area contributed by atoms with E-state index >= 15 is 0 Å². The minimum absolute atomic E-state index is 0.621. The highest BCUT2D eigenvalue weighted by Crippen LogP contribution is 2.17. The Balaban J connectivity index is 2.71. The van der Waals surface area contributed by atoms with Gasteiger partial charge in [0.05, 0.1) is 0 Å². The van der Waals surface area contributed by atoms with Crippen LogP contribution >= 0.6 is 0 Å². The maximum atomic E-state index is 3.73. The topological polar surface area (TPSA) is 12.0 Å². The van der Waals surface area contributed by atoms with E-state index < -0.39 is 0 Å². The molecule has 1 nitrogen and oxygen atoms in total. The Morgan fingerprint density at radius 1 is 1.16 bits per heavy atom. The van der Waals surface area contributed by atoms with Crippen molar-refractivity contribution in [3.63, 3.8) is 0 Å². The van der Waals surface area contributed by atoms with Crippen LogP contribution in [0.5, 0.6) is 0 Å². The van der Waals surface area contributed by atoms with Gasteiger partial charge in [0.1, 0.15) is 0 Å². The van der Waals surface area contributed by atoms with Gasteiger partial charge < -0.3 is 5.32 Å². The summed E-state index contributed by atoms with van der Waals surface area (Å²) in [4.78, 5) is 0. The Labute approximate surface area is 119 Å². The van der Waals surface area contributed by atoms with Crippen molar-refractivity contribution in [2.45, 2.75) is 66.3 Å². The minimum atomic E-state index is 0.621. The van der Waals surface area contributed by atoms with Gasteiger partial charge in [0.2, 0.25) is 0 Å². The Morgan fingerprint density at radius 2 is 1.89 bits per heavy atom. The fourth-order valence-corrected chi connectivity index (χ4v) is 2.53. The van der Waals surface area contributed by atoms with E-state index in [1.54, 1.807) is 0 Å². The van der Waals surface area contributed by atoms with Gasteiger partial charge in [0, 0.05) is 6.04 Å². The second-order valence-corrected chi connectivity index (χ2v) is 6.03. The van der Waals surface area contributed by atoms with Crippen molar-refractivity contribution >= 4 is 0 Å². The Hall–Kier alpha value is -0.820. The first-order chi connectivity index (χ1) is 9.06. The number of benzene rings is 1. The van der Waals surface area contributed by atoms with E-state index in [4.69, 9.17) is 0 Å². The van der Waals surface area contributed by atoms with Crippen molar-refractivity contribution < 1.29 is 0 Å². The van der Waals surface area contributed by atoms with Gasteiger partial charge in [-0.25, -0.2) is 0 Å². The third kappa shape index (κ3) is 5.78. The Morgan fingerprint density at radius 3 is 2.53 bits per heavy atom. The van der Waals surface area contributed by atoms with Gasteiger partial charge in [-0.1, -0.05) is 51.0 Å². The highest BCUT2D eigenvalue weighted by Gasteiger charge is 2.13. The zero-order chi connectivity index (χ0) is 14.3. The lowest BCUT2D eigenvalue weighted by atomic mass is 9.92. The highest BCUT2D eigenvalue weighted by molar-refractivity contribution is 5.31. The molecule has 0 saturated heterocycles. The molecule has 1 aromatic rings. The lowest BCUT2D eigenvalue weighted by Gasteiger charge is -2.23.